The number of nitrogens with zero attached hydrogens (tertiary/aromatic N) is 2. The minimum Gasteiger partial charge on any atom is -0.320 e. The van der Waals surface area contributed by atoms with Gasteiger partial charge < -0.3 is 5.73 Å². The molecule has 0 aliphatic heterocycles. The number of carbonyl (C=O) groups is 1. The van der Waals surface area contributed by atoms with Gasteiger partial charge in [-0.2, -0.15) is 0 Å². The zero-order valence-electron chi connectivity index (χ0n) is 12.2. The van der Waals surface area contributed by atoms with Crippen LogP contribution in [-0.4, -0.2) is 42.6 Å². The van der Waals surface area contributed by atoms with Crippen LogP contribution in [0.25, 0.3) is 10.6 Å². The van der Waals surface area contributed by atoms with E-state index >= 15 is 0 Å². The molecule has 124 valence electrons. The summed E-state index contributed by atoms with van der Waals surface area (Å²) >= 11 is 7.10. The fourth-order valence-corrected chi connectivity index (χ4v) is 3.30. The topological polar surface area (TPSA) is 115 Å². The lowest BCUT2D eigenvalue weighted by molar-refractivity contribution is -0.117. The van der Waals surface area contributed by atoms with Gasteiger partial charge in [-0.15, -0.1) is 10.2 Å². The van der Waals surface area contributed by atoms with E-state index < -0.39 is 21.8 Å². The molecule has 0 aliphatic rings. The summed E-state index contributed by atoms with van der Waals surface area (Å²) in [6, 6.07) is 6.18. The molecule has 0 radical (unpaired) electrons. The highest BCUT2D eigenvalue weighted by Gasteiger charge is 2.18. The van der Waals surface area contributed by atoms with E-state index in [9.17, 15) is 13.2 Å². The maximum Gasteiger partial charge on any atom is 0.243 e. The Bertz CT molecular complexity index is 807. The summed E-state index contributed by atoms with van der Waals surface area (Å²) in [5.41, 5.74) is 6.46. The van der Waals surface area contributed by atoms with Crippen LogP contribution < -0.4 is 11.1 Å². The average molecular weight is 375 g/mol. The number of hydrogen-bond donors (Lipinski definition) is 2. The SMILES string of the molecule is CS(=O)(=O)CCC(N)C(=O)Nc1nnc(-c2cccc(Cl)c2)s1. The number of nitrogens with two attached hydrogens (primary N) is 1. The van der Waals surface area contributed by atoms with Crippen LogP contribution in [0.2, 0.25) is 5.02 Å². The zero-order valence-corrected chi connectivity index (χ0v) is 14.6. The zero-order chi connectivity index (χ0) is 17.0. The Morgan fingerprint density at radius 2 is 2.17 bits per heavy atom. The average Bonchev–Trinajstić information content (AvgIpc) is 2.92. The third-order valence-corrected chi connectivity index (χ3v) is 4.96. The first-order valence-electron chi connectivity index (χ1n) is 6.58. The molecule has 0 aliphatic carbocycles. The molecule has 7 nitrogen and oxygen atoms in total. The molecule has 0 saturated heterocycles. The second kappa shape index (κ2) is 7.35. The Morgan fingerprint density at radius 1 is 1.43 bits per heavy atom. The highest BCUT2D eigenvalue weighted by Crippen LogP contribution is 2.28. The summed E-state index contributed by atoms with van der Waals surface area (Å²) in [6.45, 7) is 0. The molecular formula is C13H15ClN4O3S2. The van der Waals surface area contributed by atoms with Crippen molar-refractivity contribution in [1.29, 1.82) is 0 Å². The molecule has 1 unspecified atom stereocenters. The fourth-order valence-electron chi connectivity index (χ4n) is 1.68. The third kappa shape index (κ3) is 5.54. The highest BCUT2D eigenvalue weighted by atomic mass is 35.5. The third-order valence-electron chi connectivity index (χ3n) is 2.86. The monoisotopic (exact) mass is 374 g/mol. The van der Waals surface area contributed by atoms with Gasteiger partial charge in [0.1, 0.15) is 14.8 Å². The highest BCUT2D eigenvalue weighted by molar-refractivity contribution is 7.90. The minimum atomic E-state index is -3.16. The molecule has 0 spiro atoms. The number of hydrogen-bond acceptors (Lipinski definition) is 7. The molecule has 0 bridgehead atoms. The maximum atomic E-state index is 11.9. The molecule has 2 rings (SSSR count). The lowest BCUT2D eigenvalue weighted by Gasteiger charge is -2.09. The van der Waals surface area contributed by atoms with Crippen molar-refractivity contribution in [2.75, 3.05) is 17.3 Å². The molecule has 3 N–H and O–H groups in total. The van der Waals surface area contributed by atoms with Gasteiger partial charge in [-0.05, 0) is 18.6 Å². The number of amides is 1. The summed E-state index contributed by atoms with van der Waals surface area (Å²) in [5.74, 6) is -0.645. The Balaban J connectivity index is 2.00. The molecule has 10 heteroatoms. The normalized spacial score (nSPS) is 12.8. The Morgan fingerprint density at radius 3 is 2.83 bits per heavy atom. The second-order valence-corrected chi connectivity index (χ2v) is 8.61. The molecular weight excluding hydrogens is 360 g/mol. The van der Waals surface area contributed by atoms with Gasteiger partial charge in [-0.3, -0.25) is 10.1 Å². The summed E-state index contributed by atoms with van der Waals surface area (Å²) in [6.07, 6.45) is 1.14. The first kappa shape index (κ1) is 17.8. The summed E-state index contributed by atoms with van der Waals surface area (Å²) in [7, 11) is -3.16. The van der Waals surface area contributed by atoms with Crippen molar-refractivity contribution in [2.24, 2.45) is 5.73 Å². The van der Waals surface area contributed by atoms with Crippen LogP contribution in [0.4, 0.5) is 5.13 Å². The number of aromatic nitrogens is 2. The number of sulfone groups is 1. The van der Waals surface area contributed by atoms with E-state index in [2.05, 4.69) is 15.5 Å². The van der Waals surface area contributed by atoms with Gasteiger partial charge in [0.25, 0.3) is 0 Å². The molecule has 1 atom stereocenters. The van der Waals surface area contributed by atoms with Gasteiger partial charge in [0.05, 0.1) is 11.8 Å². The smallest absolute Gasteiger partial charge is 0.243 e. The number of halogens is 1. The molecule has 1 aromatic heterocycles. The van der Waals surface area contributed by atoms with Crippen LogP contribution in [0.15, 0.2) is 24.3 Å². The molecule has 1 heterocycles. The van der Waals surface area contributed by atoms with Crippen LogP contribution in [-0.2, 0) is 14.6 Å². The van der Waals surface area contributed by atoms with Crippen molar-refractivity contribution < 1.29 is 13.2 Å². The quantitative estimate of drug-likeness (QED) is 0.792. The lowest BCUT2D eigenvalue weighted by atomic mass is 10.2. The van der Waals surface area contributed by atoms with Gasteiger partial charge in [-0.1, -0.05) is 35.1 Å². The minimum absolute atomic E-state index is 0.0463. The molecule has 1 amide bonds. The van der Waals surface area contributed by atoms with E-state index in [-0.39, 0.29) is 12.2 Å². The first-order chi connectivity index (χ1) is 10.7. The summed E-state index contributed by atoms with van der Waals surface area (Å²) in [4.78, 5) is 11.9. The van der Waals surface area contributed by atoms with Crippen LogP contribution in [0, 0.1) is 0 Å². The van der Waals surface area contributed by atoms with Crippen LogP contribution >= 0.6 is 22.9 Å². The van der Waals surface area contributed by atoms with Crippen LogP contribution in [0.5, 0.6) is 0 Å². The van der Waals surface area contributed by atoms with Gasteiger partial charge in [-0.25, -0.2) is 8.42 Å². The number of nitrogens with one attached hydrogen (secondary N) is 1. The maximum absolute atomic E-state index is 11.9. The second-order valence-electron chi connectivity index (χ2n) is 4.94. The van der Waals surface area contributed by atoms with E-state index in [4.69, 9.17) is 17.3 Å². The molecule has 2 aromatic rings. The molecule has 0 fully saturated rings. The van der Waals surface area contributed by atoms with Crippen LogP contribution in [0.1, 0.15) is 6.42 Å². The van der Waals surface area contributed by atoms with Crippen molar-refractivity contribution in [1.82, 2.24) is 10.2 Å². The number of rotatable bonds is 6. The van der Waals surface area contributed by atoms with Gasteiger partial charge in [0.2, 0.25) is 11.0 Å². The van der Waals surface area contributed by atoms with E-state index in [1.807, 2.05) is 6.07 Å². The Kier molecular flexibility index (Phi) is 5.69. The van der Waals surface area contributed by atoms with Gasteiger partial charge in [0, 0.05) is 16.8 Å². The number of benzene rings is 1. The predicted molar refractivity (Wildman–Crippen MR) is 91.3 cm³/mol. The number of anilines is 1. The van der Waals surface area contributed by atoms with E-state index in [0.717, 1.165) is 11.8 Å². The van der Waals surface area contributed by atoms with Crippen molar-refractivity contribution in [3.8, 4) is 10.6 Å². The fraction of sp³-hybridized carbons (Fsp3) is 0.308. The predicted octanol–water partition coefficient (Wildman–Crippen LogP) is 1.56. The van der Waals surface area contributed by atoms with Crippen molar-refractivity contribution in [3.63, 3.8) is 0 Å². The number of carbonyl (C=O) groups excluding carboxylic acids is 1. The molecule has 1 aromatic carbocycles. The van der Waals surface area contributed by atoms with Crippen molar-refractivity contribution in [3.05, 3.63) is 29.3 Å². The van der Waals surface area contributed by atoms with E-state index in [0.29, 0.717) is 15.2 Å². The first-order valence-corrected chi connectivity index (χ1v) is 9.84. The summed E-state index contributed by atoms with van der Waals surface area (Å²) in [5, 5.41) is 11.9. The Hall–Kier alpha value is -1.55. The summed E-state index contributed by atoms with van der Waals surface area (Å²) < 4.78 is 22.2. The van der Waals surface area contributed by atoms with E-state index in [1.54, 1.807) is 18.2 Å². The Labute approximate surface area is 142 Å². The lowest BCUT2D eigenvalue weighted by Crippen LogP contribution is -2.37. The standard InChI is InChI=1S/C13H15ClN4O3S2/c1-23(20,21)6-5-10(15)11(19)16-13-18-17-12(22-13)8-3-2-4-9(14)7-8/h2-4,7,10H,5-6,15H2,1H3,(H,16,18,19). The largest absolute Gasteiger partial charge is 0.320 e. The van der Waals surface area contributed by atoms with Gasteiger partial charge in [0.15, 0.2) is 0 Å². The van der Waals surface area contributed by atoms with Crippen molar-refractivity contribution in [2.45, 2.75) is 12.5 Å². The molecule has 0 saturated carbocycles. The van der Waals surface area contributed by atoms with Crippen LogP contribution in [0.3, 0.4) is 0 Å². The van der Waals surface area contributed by atoms with Crippen molar-refractivity contribution >= 4 is 43.8 Å². The van der Waals surface area contributed by atoms with Gasteiger partial charge >= 0.3 is 0 Å². The van der Waals surface area contributed by atoms with E-state index in [1.165, 1.54) is 11.3 Å². The molecule has 23 heavy (non-hydrogen) atoms.